The van der Waals surface area contributed by atoms with E-state index in [1.807, 2.05) is 13.1 Å². The molecule has 0 unspecified atom stereocenters. The summed E-state index contributed by atoms with van der Waals surface area (Å²) in [5.74, 6) is 2.56. The van der Waals surface area contributed by atoms with E-state index in [4.69, 9.17) is 0 Å². The molecule has 4 bridgehead atoms. The van der Waals surface area contributed by atoms with Gasteiger partial charge < -0.3 is 10.6 Å². The molecule has 0 aliphatic heterocycles. The lowest BCUT2D eigenvalue weighted by Crippen LogP contribution is -2.59. The summed E-state index contributed by atoms with van der Waals surface area (Å²) in [6.45, 7) is 0. The van der Waals surface area contributed by atoms with Gasteiger partial charge in [0.2, 0.25) is 0 Å². The largest absolute Gasteiger partial charge is 0.387 e. The van der Waals surface area contributed by atoms with Crippen LogP contribution >= 0.6 is 0 Å². The highest BCUT2D eigenvalue weighted by molar-refractivity contribution is 5.99. The molecule has 4 aliphatic carbocycles. The van der Waals surface area contributed by atoms with Crippen molar-refractivity contribution in [3.8, 4) is 0 Å². The van der Waals surface area contributed by atoms with Crippen LogP contribution in [0.5, 0.6) is 0 Å². The highest BCUT2D eigenvalue weighted by Crippen LogP contribution is 2.55. The summed E-state index contributed by atoms with van der Waals surface area (Å²) < 4.78 is 0. The van der Waals surface area contributed by atoms with E-state index in [-0.39, 0.29) is 11.4 Å². The fraction of sp³-hybridized carbons (Fsp3) is 0.647. The third kappa shape index (κ3) is 2.21. The van der Waals surface area contributed by atoms with Crippen LogP contribution in [0.25, 0.3) is 0 Å². The summed E-state index contributed by atoms with van der Waals surface area (Å²) in [5, 5.41) is 6.48. The Morgan fingerprint density at radius 2 is 1.81 bits per heavy atom. The zero-order valence-corrected chi connectivity index (χ0v) is 12.6. The molecule has 4 nitrogen and oxygen atoms in total. The van der Waals surface area contributed by atoms with Crippen LogP contribution in [0.3, 0.4) is 0 Å². The summed E-state index contributed by atoms with van der Waals surface area (Å²) in [6, 6.07) is 1.86. The zero-order chi connectivity index (χ0) is 14.4. The minimum Gasteiger partial charge on any atom is -0.387 e. The van der Waals surface area contributed by atoms with Crippen LogP contribution in [0.2, 0.25) is 0 Å². The molecule has 4 saturated carbocycles. The van der Waals surface area contributed by atoms with Crippen molar-refractivity contribution in [3.05, 3.63) is 24.0 Å². The number of amides is 1. The van der Waals surface area contributed by atoms with E-state index in [1.54, 1.807) is 12.4 Å². The molecule has 4 aliphatic rings. The standard InChI is InChI=1S/C17H23N3O/c1-18-15-2-3-19-10-14(15)16(21)20-17-7-11-4-12(8-17)6-13(5-11)9-17/h2-3,10-13H,4-9H2,1H3,(H,18,19)(H,20,21). The van der Waals surface area contributed by atoms with Crippen molar-refractivity contribution in [1.82, 2.24) is 10.3 Å². The number of hydrogen-bond acceptors (Lipinski definition) is 3. The Labute approximate surface area is 125 Å². The molecule has 0 aromatic carbocycles. The summed E-state index contributed by atoms with van der Waals surface area (Å²) in [5.41, 5.74) is 1.58. The highest BCUT2D eigenvalue weighted by atomic mass is 16.1. The first-order chi connectivity index (χ1) is 10.2. The second-order valence-electron chi connectivity index (χ2n) is 7.32. The lowest BCUT2D eigenvalue weighted by atomic mass is 9.53. The molecule has 0 saturated heterocycles. The van der Waals surface area contributed by atoms with Gasteiger partial charge in [0.05, 0.1) is 5.56 Å². The number of rotatable bonds is 3. The fourth-order valence-corrected chi connectivity index (χ4v) is 5.37. The normalized spacial score (nSPS) is 36.5. The second-order valence-corrected chi connectivity index (χ2v) is 7.32. The highest BCUT2D eigenvalue weighted by Gasteiger charge is 2.51. The third-order valence-electron chi connectivity index (χ3n) is 5.75. The first-order valence-electron chi connectivity index (χ1n) is 8.12. The Bertz CT molecular complexity index is 534. The van der Waals surface area contributed by atoms with E-state index in [2.05, 4.69) is 15.6 Å². The molecule has 1 aromatic rings. The summed E-state index contributed by atoms with van der Waals surface area (Å²) in [4.78, 5) is 16.8. The van der Waals surface area contributed by atoms with Crippen molar-refractivity contribution < 1.29 is 4.79 Å². The van der Waals surface area contributed by atoms with Crippen LogP contribution in [0, 0.1) is 17.8 Å². The van der Waals surface area contributed by atoms with Crippen molar-refractivity contribution in [2.75, 3.05) is 12.4 Å². The number of aromatic nitrogens is 1. The Morgan fingerprint density at radius 1 is 1.19 bits per heavy atom. The van der Waals surface area contributed by atoms with Crippen LogP contribution in [0.1, 0.15) is 48.9 Å². The van der Waals surface area contributed by atoms with Crippen LogP contribution in [-0.4, -0.2) is 23.5 Å². The van der Waals surface area contributed by atoms with Gasteiger partial charge in [-0.15, -0.1) is 0 Å². The van der Waals surface area contributed by atoms with E-state index >= 15 is 0 Å². The number of anilines is 1. The number of carbonyl (C=O) groups is 1. The number of nitrogens with zero attached hydrogens (tertiary/aromatic N) is 1. The van der Waals surface area contributed by atoms with Gasteiger partial charge in [0.25, 0.3) is 5.91 Å². The monoisotopic (exact) mass is 285 g/mol. The molecule has 21 heavy (non-hydrogen) atoms. The second kappa shape index (κ2) is 4.72. The van der Waals surface area contributed by atoms with Crippen molar-refractivity contribution in [3.63, 3.8) is 0 Å². The molecule has 2 N–H and O–H groups in total. The van der Waals surface area contributed by atoms with E-state index < -0.39 is 0 Å². The minimum atomic E-state index is 0.0365. The Morgan fingerprint density at radius 3 is 2.38 bits per heavy atom. The van der Waals surface area contributed by atoms with Crippen LogP contribution < -0.4 is 10.6 Å². The fourth-order valence-electron chi connectivity index (χ4n) is 5.37. The smallest absolute Gasteiger partial charge is 0.255 e. The molecule has 0 radical (unpaired) electrons. The Hall–Kier alpha value is -1.58. The maximum Gasteiger partial charge on any atom is 0.255 e. The molecule has 4 fully saturated rings. The molecule has 1 aromatic heterocycles. The van der Waals surface area contributed by atoms with Gasteiger partial charge in [-0.25, -0.2) is 0 Å². The molecule has 112 valence electrons. The predicted molar refractivity (Wildman–Crippen MR) is 82.2 cm³/mol. The average Bonchev–Trinajstić information content (AvgIpc) is 2.45. The molecule has 0 atom stereocenters. The van der Waals surface area contributed by atoms with Gasteiger partial charge in [-0.1, -0.05) is 0 Å². The molecule has 1 amide bonds. The maximum atomic E-state index is 12.7. The Kier molecular flexibility index (Phi) is 2.95. The topological polar surface area (TPSA) is 54.0 Å². The molecule has 5 rings (SSSR count). The van der Waals surface area contributed by atoms with Gasteiger partial charge in [0, 0.05) is 30.7 Å². The quantitative estimate of drug-likeness (QED) is 0.898. The predicted octanol–water partition coefficient (Wildman–Crippen LogP) is 2.82. The number of hydrogen-bond donors (Lipinski definition) is 2. The molecule has 4 heteroatoms. The van der Waals surface area contributed by atoms with E-state index in [0.29, 0.717) is 5.56 Å². The first-order valence-corrected chi connectivity index (χ1v) is 8.12. The van der Waals surface area contributed by atoms with Gasteiger partial charge in [0.1, 0.15) is 0 Å². The lowest BCUT2D eigenvalue weighted by molar-refractivity contribution is -0.0166. The van der Waals surface area contributed by atoms with E-state index in [0.717, 1.165) is 23.4 Å². The van der Waals surface area contributed by atoms with Crippen LogP contribution in [0.15, 0.2) is 18.5 Å². The van der Waals surface area contributed by atoms with Crippen molar-refractivity contribution >= 4 is 11.6 Å². The lowest BCUT2D eigenvalue weighted by Gasteiger charge is -2.56. The number of pyridine rings is 1. The first kappa shape index (κ1) is 13.1. The van der Waals surface area contributed by atoms with Gasteiger partial charge >= 0.3 is 0 Å². The summed E-state index contributed by atoms with van der Waals surface area (Å²) in [6.07, 6.45) is 11.1. The van der Waals surface area contributed by atoms with Crippen LogP contribution in [-0.2, 0) is 0 Å². The van der Waals surface area contributed by atoms with Gasteiger partial charge in [0.15, 0.2) is 0 Å². The maximum absolute atomic E-state index is 12.7. The minimum absolute atomic E-state index is 0.0365. The van der Waals surface area contributed by atoms with Gasteiger partial charge in [-0.05, 0) is 62.3 Å². The van der Waals surface area contributed by atoms with E-state index in [1.165, 1.54) is 38.5 Å². The van der Waals surface area contributed by atoms with Crippen molar-refractivity contribution in [1.29, 1.82) is 0 Å². The SMILES string of the molecule is CNc1ccncc1C(=O)NC12CC3CC(CC(C3)C1)C2. The van der Waals surface area contributed by atoms with E-state index in [9.17, 15) is 4.79 Å². The van der Waals surface area contributed by atoms with Gasteiger partial charge in [-0.2, -0.15) is 0 Å². The van der Waals surface area contributed by atoms with Crippen molar-refractivity contribution in [2.24, 2.45) is 17.8 Å². The molecule has 1 heterocycles. The molecular formula is C17H23N3O. The van der Waals surface area contributed by atoms with Crippen molar-refractivity contribution in [2.45, 2.75) is 44.1 Å². The third-order valence-corrected chi connectivity index (χ3v) is 5.75. The summed E-state index contributed by atoms with van der Waals surface area (Å²) in [7, 11) is 1.84. The summed E-state index contributed by atoms with van der Waals surface area (Å²) >= 11 is 0. The Balaban J connectivity index is 1.57. The number of nitrogens with one attached hydrogen (secondary N) is 2. The molecular weight excluding hydrogens is 262 g/mol. The molecule has 0 spiro atoms. The zero-order valence-electron chi connectivity index (χ0n) is 12.6. The van der Waals surface area contributed by atoms with Gasteiger partial charge in [-0.3, -0.25) is 9.78 Å². The number of carbonyl (C=O) groups excluding carboxylic acids is 1. The van der Waals surface area contributed by atoms with Crippen LogP contribution in [0.4, 0.5) is 5.69 Å². The average molecular weight is 285 g/mol.